The lowest BCUT2D eigenvalue weighted by Gasteiger charge is -2.23. The summed E-state index contributed by atoms with van der Waals surface area (Å²) in [5.41, 5.74) is 4.53. The van der Waals surface area contributed by atoms with E-state index in [-0.39, 0.29) is 11.5 Å². The van der Waals surface area contributed by atoms with Gasteiger partial charge in [-0.2, -0.15) is 0 Å². The Hall–Kier alpha value is -2.33. The van der Waals surface area contributed by atoms with Crippen LogP contribution in [0.2, 0.25) is 0 Å². The number of ether oxygens (including phenoxy) is 2. The summed E-state index contributed by atoms with van der Waals surface area (Å²) < 4.78 is 11.6. The molecule has 4 heteroatoms. The molecule has 150 valence electrons. The number of likely N-dealkylation sites (tertiary alicyclic amines) is 1. The zero-order valence-electron chi connectivity index (χ0n) is 17.6. The fraction of sp³-hybridized carbons (Fsp3) is 0.458. The Bertz CT molecular complexity index is 838. The van der Waals surface area contributed by atoms with Crippen molar-refractivity contribution in [1.82, 2.24) is 4.90 Å². The average Bonchev–Trinajstić information content (AvgIpc) is 3.08. The van der Waals surface area contributed by atoms with Gasteiger partial charge >= 0.3 is 0 Å². The Kier molecular flexibility index (Phi) is 6.09. The molecule has 0 bridgehead atoms. The van der Waals surface area contributed by atoms with Crippen LogP contribution in [0.25, 0.3) is 11.1 Å². The standard InChI is InChI=1S/C24H31NO3/c1-17-12-18(14-25-11-10-19(15-25)16-26)6-8-21(17)20-7-9-22(27-5)23(13-20)28-24(2,3)4/h6-9,12-13,16,19H,10-11,14-15H2,1-5H3. The van der Waals surface area contributed by atoms with Gasteiger partial charge in [-0.1, -0.05) is 24.3 Å². The largest absolute Gasteiger partial charge is 0.493 e. The molecule has 2 aromatic rings. The summed E-state index contributed by atoms with van der Waals surface area (Å²) in [6.07, 6.45) is 2.07. The summed E-state index contributed by atoms with van der Waals surface area (Å²) in [4.78, 5) is 13.3. The van der Waals surface area contributed by atoms with Gasteiger partial charge < -0.3 is 14.3 Å². The van der Waals surface area contributed by atoms with E-state index in [0.717, 1.165) is 49.4 Å². The van der Waals surface area contributed by atoms with E-state index >= 15 is 0 Å². The molecule has 1 heterocycles. The SMILES string of the molecule is COc1ccc(-c2ccc(CN3CCC(C=O)C3)cc2C)cc1OC(C)(C)C. The van der Waals surface area contributed by atoms with Gasteiger partial charge in [-0.25, -0.2) is 0 Å². The first-order valence-corrected chi connectivity index (χ1v) is 9.93. The average molecular weight is 382 g/mol. The zero-order chi connectivity index (χ0) is 20.3. The number of carbonyl (C=O) groups is 1. The maximum Gasteiger partial charge on any atom is 0.162 e. The van der Waals surface area contributed by atoms with Crippen molar-refractivity contribution in [3.05, 3.63) is 47.5 Å². The molecule has 1 atom stereocenters. The van der Waals surface area contributed by atoms with Gasteiger partial charge in [0.25, 0.3) is 0 Å². The van der Waals surface area contributed by atoms with E-state index < -0.39 is 0 Å². The van der Waals surface area contributed by atoms with E-state index in [9.17, 15) is 4.79 Å². The molecule has 0 amide bonds. The van der Waals surface area contributed by atoms with Crippen molar-refractivity contribution >= 4 is 6.29 Å². The smallest absolute Gasteiger partial charge is 0.162 e. The van der Waals surface area contributed by atoms with Crippen molar-refractivity contribution in [3.63, 3.8) is 0 Å². The van der Waals surface area contributed by atoms with Crippen molar-refractivity contribution < 1.29 is 14.3 Å². The molecule has 3 rings (SSSR count). The Labute approximate surface area is 168 Å². The Balaban J connectivity index is 1.82. The number of rotatable bonds is 6. The van der Waals surface area contributed by atoms with Crippen LogP contribution in [0.5, 0.6) is 11.5 Å². The van der Waals surface area contributed by atoms with Crippen LogP contribution in [-0.2, 0) is 11.3 Å². The molecule has 4 nitrogen and oxygen atoms in total. The number of aryl methyl sites for hydroxylation is 1. The van der Waals surface area contributed by atoms with Crippen LogP contribution in [0.4, 0.5) is 0 Å². The van der Waals surface area contributed by atoms with Gasteiger partial charge in [0.2, 0.25) is 0 Å². The Morgan fingerprint density at radius 1 is 1.14 bits per heavy atom. The van der Waals surface area contributed by atoms with Gasteiger partial charge in [0.15, 0.2) is 11.5 Å². The molecule has 1 aliphatic heterocycles. The van der Waals surface area contributed by atoms with Crippen LogP contribution in [0, 0.1) is 12.8 Å². The summed E-state index contributed by atoms with van der Waals surface area (Å²) in [5, 5.41) is 0. The van der Waals surface area contributed by atoms with Gasteiger partial charge in [-0.05, 0) is 75.0 Å². The molecule has 0 aromatic heterocycles. The molecule has 0 spiro atoms. The van der Waals surface area contributed by atoms with Crippen LogP contribution in [0.3, 0.4) is 0 Å². The van der Waals surface area contributed by atoms with Crippen LogP contribution in [0.1, 0.15) is 38.3 Å². The zero-order valence-corrected chi connectivity index (χ0v) is 17.6. The number of carbonyl (C=O) groups excluding carboxylic acids is 1. The second-order valence-electron chi connectivity index (χ2n) is 8.65. The first-order valence-electron chi connectivity index (χ1n) is 9.93. The third-order valence-corrected chi connectivity index (χ3v) is 5.09. The number of benzene rings is 2. The summed E-state index contributed by atoms with van der Waals surface area (Å²) in [6, 6.07) is 12.7. The molecule has 28 heavy (non-hydrogen) atoms. The number of hydrogen-bond acceptors (Lipinski definition) is 4. The van der Waals surface area contributed by atoms with Gasteiger partial charge in [0.05, 0.1) is 7.11 Å². The van der Waals surface area contributed by atoms with E-state index in [4.69, 9.17) is 9.47 Å². The van der Waals surface area contributed by atoms with Gasteiger partial charge in [0.1, 0.15) is 11.9 Å². The fourth-order valence-electron chi connectivity index (χ4n) is 3.78. The maximum atomic E-state index is 11.0. The molecule has 2 aromatic carbocycles. The highest BCUT2D eigenvalue weighted by molar-refractivity contribution is 5.70. The molecule has 1 saturated heterocycles. The summed E-state index contributed by atoms with van der Waals surface area (Å²) in [6.45, 7) is 11.0. The predicted octanol–water partition coefficient (Wildman–Crippen LogP) is 4.87. The third kappa shape index (κ3) is 4.93. The molecule has 0 radical (unpaired) electrons. The van der Waals surface area contributed by atoms with Crippen molar-refractivity contribution in [2.45, 2.75) is 46.3 Å². The molecular weight excluding hydrogens is 350 g/mol. The molecule has 1 unspecified atom stereocenters. The van der Waals surface area contributed by atoms with Gasteiger partial charge in [-0.15, -0.1) is 0 Å². The first kappa shape index (κ1) is 20.4. The van der Waals surface area contributed by atoms with Crippen molar-refractivity contribution in [2.75, 3.05) is 20.2 Å². The number of aldehydes is 1. The highest BCUT2D eigenvalue weighted by Crippen LogP contribution is 2.36. The van der Waals surface area contributed by atoms with E-state index in [2.05, 4.69) is 42.2 Å². The Morgan fingerprint density at radius 2 is 1.93 bits per heavy atom. The lowest BCUT2D eigenvalue weighted by Crippen LogP contribution is -2.23. The quantitative estimate of drug-likeness (QED) is 0.669. The van der Waals surface area contributed by atoms with Gasteiger partial charge in [-0.3, -0.25) is 4.90 Å². The fourth-order valence-corrected chi connectivity index (χ4v) is 3.78. The molecule has 0 saturated carbocycles. The van der Waals surface area contributed by atoms with E-state index in [1.807, 2.05) is 26.8 Å². The monoisotopic (exact) mass is 381 g/mol. The van der Waals surface area contributed by atoms with Crippen molar-refractivity contribution in [3.8, 4) is 22.6 Å². The first-order chi connectivity index (χ1) is 13.3. The molecular formula is C24H31NO3. The molecule has 0 aliphatic carbocycles. The van der Waals surface area contributed by atoms with Crippen molar-refractivity contribution in [1.29, 1.82) is 0 Å². The lowest BCUT2D eigenvalue weighted by molar-refractivity contribution is -0.110. The highest BCUT2D eigenvalue weighted by Gasteiger charge is 2.22. The topological polar surface area (TPSA) is 38.8 Å². The molecule has 1 aliphatic rings. The molecule has 0 N–H and O–H groups in total. The van der Waals surface area contributed by atoms with E-state index in [1.165, 1.54) is 16.7 Å². The minimum Gasteiger partial charge on any atom is -0.493 e. The van der Waals surface area contributed by atoms with E-state index in [0.29, 0.717) is 0 Å². The maximum absolute atomic E-state index is 11.0. The second-order valence-corrected chi connectivity index (χ2v) is 8.65. The van der Waals surface area contributed by atoms with Crippen LogP contribution in [-0.4, -0.2) is 37.0 Å². The molecule has 1 fully saturated rings. The van der Waals surface area contributed by atoms with Crippen LogP contribution < -0.4 is 9.47 Å². The minimum absolute atomic E-state index is 0.195. The number of hydrogen-bond donors (Lipinski definition) is 0. The van der Waals surface area contributed by atoms with E-state index in [1.54, 1.807) is 7.11 Å². The van der Waals surface area contributed by atoms with Crippen molar-refractivity contribution in [2.24, 2.45) is 5.92 Å². The van der Waals surface area contributed by atoms with Crippen LogP contribution in [0.15, 0.2) is 36.4 Å². The highest BCUT2D eigenvalue weighted by atomic mass is 16.5. The lowest BCUT2D eigenvalue weighted by atomic mass is 9.97. The predicted molar refractivity (Wildman–Crippen MR) is 113 cm³/mol. The van der Waals surface area contributed by atoms with Crippen LogP contribution >= 0.6 is 0 Å². The third-order valence-electron chi connectivity index (χ3n) is 5.09. The van der Waals surface area contributed by atoms with Gasteiger partial charge in [0, 0.05) is 19.0 Å². The normalized spacial score (nSPS) is 17.5. The second kappa shape index (κ2) is 8.36. The summed E-state index contributed by atoms with van der Waals surface area (Å²) in [7, 11) is 1.66. The minimum atomic E-state index is -0.292. The Morgan fingerprint density at radius 3 is 2.54 bits per heavy atom. The summed E-state index contributed by atoms with van der Waals surface area (Å²) >= 11 is 0. The summed E-state index contributed by atoms with van der Waals surface area (Å²) in [5.74, 6) is 1.69. The number of methoxy groups -OCH3 is 1. The number of nitrogens with zero attached hydrogens (tertiary/aromatic N) is 1.